The molecule has 25 heavy (non-hydrogen) atoms. The van der Waals surface area contributed by atoms with Gasteiger partial charge in [-0.3, -0.25) is 19.9 Å². The molecule has 1 amide bonds. The van der Waals surface area contributed by atoms with Gasteiger partial charge in [-0.2, -0.15) is 0 Å². The normalized spacial score (nSPS) is 16.5. The predicted octanol–water partition coefficient (Wildman–Crippen LogP) is 2.23. The van der Waals surface area contributed by atoms with Gasteiger partial charge in [-0.05, 0) is 30.9 Å². The molecule has 1 fully saturated rings. The van der Waals surface area contributed by atoms with Crippen molar-refractivity contribution in [2.75, 3.05) is 18.5 Å². The van der Waals surface area contributed by atoms with Crippen LogP contribution in [0.2, 0.25) is 0 Å². The lowest BCUT2D eigenvalue weighted by Gasteiger charge is -2.31. The zero-order valence-corrected chi connectivity index (χ0v) is 13.7. The molecule has 0 aliphatic carbocycles. The number of nitrogens with two attached hydrogens (primary N) is 1. The van der Waals surface area contributed by atoms with Crippen molar-refractivity contribution in [3.63, 3.8) is 0 Å². The van der Waals surface area contributed by atoms with Gasteiger partial charge in [0.25, 0.3) is 5.69 Å². The maximum atomic E-state index is 11.5. The van der Waals surface area contributed by atoms with E-state index in [1.54, 1.807) is 18.3 Å². The second kappa shape index (κ2) is 7.43. The molecule has 1 aromatic carbocycles. The highest BCUT2D eigenvalue weighted by Crippen LogP contribution is 2.33. The predicted molar refractivity (Wildman–Crippen MR) is 93.2 cm³/mol. The second-order valence-corrected chi connectivity index (χ2v) is 6.18. The number of nitrogens with one attached hydrogen (secondary N) is 1. The van der Waals surface area contributed by atoms with Gasteiger partial charge in [-0.1, -0.05) is 0 Å². The summed E-state index contributed by atoms with van der Waals surface area (Å²) in [7, 11) is 0. The first-order valence-corrected chi connectivity index (χ1v) is 8.20. The molecule has 1 saturated heterocycles. The number of ether oxygens (including phenoxy) is 1. The number of pyridine rings is 1. The van der Waals surface area contributed by atoms with Gasteiger partial charge in [-0.25, -0.2) is 0 Å². The Balaban J connectivity index is 1.95. The fraction of sp³-hybridized carbons (Fsp3) is 0.412. The number of nitro groups is 1. The number of amides is 1. The van der Waals surface area contributed by atoms with Crippen molar-refractivity contribution in [2.24, 2.45) is 11.7 Å². The number of primary amides is 1. The highest BCUT2D eigenvalue weighted by molar-refractivity contribution is 5.99. The molecule has 0 bridgehead atoms. The van der Waals surface area contributed by atoms with Crippen molar-refractivity contribution in [2.45, 2.75) is 25.3 Å². The first-order chi connectivity index (χ1) is 12.1. The highest BCUT2D eigenvalue weighted by Gasteiger charge is 2.26. The van der Waals surface area contributed by atoms with Crippen LogP contribution in [0.3, 0.4) is 0 Å². The van der Waals surface area contributed by atoms with E-state index in [9.17, 15) is 14.9 Å². The van der Waals surface area contributed by atoms with Crippen molar-refractivity contribution >= 4 is 28.1 Å². The van der Waals surface area contributed by atoms with Crippen LogP contribution in [0, 0.1) is 16.0 Å². The van der Waals surface area contributed by atoms with E-state index in [0.717, 1.165) is 18.5 Å². The Kier molecular flexibility index (Phi) is 5.08. The van der Waals surface area contributed by atoms with Crippen LogP contribution in [0.1, 0.15) is 19.3 Å². The maximum absolute atomic E-state index is 11.5. The number of nitrogens with zero attached hydrogens (tertiary/aromatic N) is 2. The summed E-state index contributed by atoms with van der Waals surface area (Å²) >= 11 is 0. The summed E-state index contributed by atoms with van der Waals surface area (Å²) in [6.45, 7) is 1.32. The van der Waals surface area contributed by atoms with Crippen molar-refractivity contribution in [3.05, 3.63) is 40.7 Å². The maximum Gasteiger partial charge on any atom is 0.278 e. The van der Waals surface area contributed by atoms with Gasteiger partial charge < -0.3 is 15.8 Å². The molecule has 0 radical (unpaired) electrons. The van der Waals surface area contributed by atoms with Crippen LogP contribution in [0.15, 0.2) is 30.6 Å². The lowest BCUT2D eigenvalue weighted by atomic mass is 9.89. The molecule has 132 valence electrons. The number of benzene rings is 1. The fourth-order valence-corrected chi connectivity index (χ4v) is 3.33. The molecule has 8 heteroatoms. The minimum atomic E-state index is -0.423. The number of non-ortho nitro benzene ring substituents is 1. The van der Waals surface area contributed by atoms with Crippen LogP contribution >= 0.6 is 0 Å². The molecule has 1 aliphatic heterocycles. The number of aromatic nitrogens is 1. The first-order valence-electron chi connectivity index (χ1n) is 8.20. The van der Waals surface area contributed by atoms with E-state index in [1.807, 2.05) is 0 Å². The first kappa shape index (κ1) is 17.1. The average molecular weight is 344 g/mol. The summed E-state index contributed by atoms with van der Waals surface area (Å²) in [5, 5.41) is 15.8. The summed E-state index contributed by atoms with van der Waals surface area (Å²) in [5.74, 6) is -0.120. The Morgan fingerprint density at radius 3 is 2.80 bits per heavy atom. The standard InChI is InChI=1S/C17H20N4O4/c18-17(22)9-15(11-4-7-25-8-5-11)20-14-1-2-16(21(23)24)13-10-19-6-3-12(13)14/h1-3,6,10-11,15,20H,4-5,7-9H2,(H2,18,22). The molecular formula is C17H20N4O4. The molecule has 1 aromatic heterocycles. The lowest BCUT2D eigenvalue weighted by Crippen LogP contribution is -2.37. The Morgan fingerprint density at radius 1 is 1.36 bits per heavy atom. The number of carbonyl (C=O) groups is 1. The molecule has 3 rings (SSSR count). The Labute approximate surface area is 144 Å². The smallest absolute Gasteiger partial charge is 0.278 e. The quantitative estimate of drug-likeness (QED) is 0.612. The van der Waals surface area contributed by atoms with Gasteiger partial charge in [0.05, 0.1) is 10.3 Å². The number of hydrogen-bond donors (Lipinski definition) is 2. The number of anilines is 1. The monoisotopic (exact) mass is 344 g/mol. The van der Waals surface area contributed by atoms with Crippen LogP contribution < -0.4 is 11.1 Å². The lowest BCUT2D eigenvalue weighted by molar-refractivity contribution is -0.383. The number of fused-ring (bicyclic) bond motifs is 1. The summed E-state index contributed by atoms with van der Waals surface area (Å²) in [5.41, 5.74) is 6.16. The van der Waals surface area contributed by atoms with Gasteiger partial charge in [0, 0.05) is 55.2 Å². The SMILES string of the molecule is NC(=O)CC(Nc1ccc([N+](=O)[O-])c2cnccc12)C1CCOCC1. The van der Waals surface area contributed by atoms with E-state index in [2.05, 4.69) is 10.3 Å². The van der Waals surface area contributed by atoms with E-state index < -0.39 is 4.92 Å². The minimum Gasteiger partial charge on any atom is -0.381 e. The molecule has 3 N–H and O–H groups in total. The molecule has 8 nitrogen and oxygen atoms in total. The van der Waals surface area contributed by atoms with E-state index in [0.29, 0.717) is 24.0 Å². The van der Waals surface area contributed by atoms with Crippen LogP contribution in [-0.4, -0.2) is 35.1 Å². The van der Waals surface area contributed by atoms with E-state index in [-0.39, 0.29) is 30.0 Å². The van der Waals surface area contributed by atoms with Gasteiger partial charge >= 0.3 is 0 Å². The van der Waals surface area contributed by atoms with Gasteiger partial charge in [0.1, 0.15) is 0 Å². The van der Waals surface area contributed by atoms with Gasteiger partial charge in [0.15, 0.2) is 0 Å². The third-order valence-electron chi connectivity index (χ3n) is 4.59. The van der Waals surface area contributed by atoms with Crippen LogP contribution in [-0.2, 0) is 9.53 Å². The van der Waals surface area contributed by atoms with E-state index >= 15 is 0 Å². The molecule has 0 spiro atoms. The van der Waals surface area contributed by atoms with E-state index in [1.165, 1.54) is 12.3 Å². The van der Waals surface area contributed by atoms with Gasteiger partial charge in [-0.15, -0.1) is 0 Å². The zero-order chi connectivity index (χ0) is 17.8. The Bertz CT molecular complexity index is 789. The van der Waals surface area contributed by atoms with Crippen molar-refractivity contribution in [1.29, 1.82) is 0 Å². The number of nitro benzene ring substituents is 1. The number of carbonyl (C=O) groups excluding carboxylic acids is 1. The summed E-state index contributed by atoms with van der Waals surface area (Å²) in [4.78, 5) is 26.3. The Hall–Kier alpha value is -2.74. The zero-order valence-electron chi connectivity index (χ0n) is 13.7. The third-order valence-corrected chi connectivity index (χ3v) is 4.59. The van der Waals surface area contributed by atoms with Crippen LogP contribution in [0.5, 0.6) is 0 Å². The van der Waals surface area contributed by atoms with Crippen LogP contribution in [0.4, 0.5) is 11.4 Å². The van der Waals surface area contributed by atoms with Crippen LogP contribution in [0.25, 0.3) is 10.8 Å². The molecule has 1 atom stereocenters. The molecule has 2 heterocycles. The number of hydrogen-bond acceptors (Lipinski definition) is 6. The summed E-state index contributed by atoms with van der Waals surface area (Å²) < 4.78 is 5.39. The highest BCUT2D eigenvalue weighted by atomic mass is 16.6. The topological polar surface area (TPSA) is 120 Å². The number of rotatable bonds is 6. The summed E-state index contributed by atoms with van der Waals surface area (Å²) in [6.07, 6.45) is 4.97. The van der Waals surface area contributed by atoms with Crippen molar-refractivity contribution in [3.8, 4) is 0 Å². The average Bonchev–Trinajstić information content (AvgIpc) is 2.61. The second-order valence-electron chi connectivity index (χ2n) is 6.18. The third kappa shape index (κ3) is 3.85. The molecule has 2 aromatic rings. The van der Waals surface area contributed by atoms with Crippen molar-refractivity contribution < 1.29 is 14.5 Å². The largest absolute Gasteiger partial charge is 0.381 e. The van der Waals surface area contributed by atoms with E-state index in [4.69, 9.17) is 10.5 Å². The Morgan fingerprint density at radius 2 is 2.12 bits per heavy atom. The molecule has 0 saturated carbocycles. The molecule has 1 aliphatic rings. The fourth-order valence-electron chi connectivity index (χ4n) is 3.33. The molecular weight excluding hydrogens is 324 g/mol. The minimum absolute atomic E-state index is 0.00571. The molecule has 1 unspecified atom stereocenters. The van der Waals surface area contributed by atoms with Gasteiger partial charge in [0.2, 0.25) is 5.91 Å². The summed E-state index contributed by atoms with van der Waals surface area (Å²) in [6, 6.07) is 4.72. The van der Waals surface area contributed by atoms with Crippen molar-refractivity contribution in [1.82, 2.24) is 4.98 Å².